The van der Waals surface area contributed by atoms with Crippen molar-refractivity contribution in [3.8, 4) is 28.5 Å². The molecule has 0 N–H and O–H groups in total. The molecule has 3 aromatic rings. The Kier molecular flexibility index (Phi) is 3.01. The van der Waals surface area contributed by atoms with Gasteiger partial charge < -0.3 is 4.74 Å². The maximum atomic E-state index is 12.6. The second kappa shape index (κ2) is 5.17. The molecule has 2 aromatic carbocycles. The number of fused-ring (bicyclic) bond motifs is 6. The van der Waals surface area contributed by atoms with Gasteiger partial charge >= 0.3 is 0 Å². The van der Waals surface area contributed by atoms with Gasteiger partial charge in [0.05, 0.1) is 12.8 Å². The van der Waals surface area contributed by atoms with E-state index in [1.807, 2.05) is 58.1 Å². The Balaban J connectivity index is 1.75. The number of ether oxygens (including phenoxy) is 1. The van der Waals surface area contributed by atoms with Crippen LogP contribution in [-0.2, 0) is 10.5 Å². The highest BCUT2D eigenvalue weighted by atomic mass is 16.5. The number of hydrogen-bond acceptors (Lipinski definition) is 4. The van der Waals surface area contributed by atoms with E-state index in [4.69, 9.17) is 14.8 Å². The smallest absolute Gasteiger partial charge is 0.229 e. The van der Waals surface area contributed by atoms with Crippen LogP contribution in [-0.4, -0.2) is 27.8 Å². The summed E-state index contributed by atoms with van der Waals surface area (Å²) in [5, 5.41) is 4.80. The Bertz CT molecular complexity index is 1040. The molecule has 26 heavy (non-hydrogen) atoms. The van der Waals surface area contributed by atoms with Crippen LogP contribution in [0.15, 0.2) is 48.5 Å². The first kappa shape index (κ1) is 15.1. The van der Waals surface area contributed by atoms with E-state index in [-0.39, 0.29) is 5.91 Å². The highest BCUT2D eigenvalue weighted by Gasteiger charge is 2.50. The average molecular weight is 346 g/mol. The van der Waals surface area contributed by atoms with Crippen LogP contribution in [0.3, 0.4) is 0 Å². The van der Waals surface area contributed by atoms with E-state index in [0.29, 0.717) is 18.7 Å². The molecule has 1 fully saturated rings. The molecule has 3 heterocycles. The summed E-state index contributed by atoms with van der Waals surface area (Å²) in [5.74, 6) is 2.33. The summed E-state index contributed by atoms with van der Waals surface area (Å²) in [4.78, 5) is 19.3. The van der Waals surface area contributed by atoms with Crippen LogP contribution in [0.25, 0.3) is 22.8 Å². The molecule has 2 aliphatic heterocycles. The van der Waals surface area contributed by atoms with Crippen molar-refractivity contribution in [2.45, 2.75) is 25.4 Å². The molecule has 130 valence electrons. The van der Waals surface area contributed by atoms with Gasteiger partial charge in [0.25, 0.3) is 0 Å². The van der Waals surface area contributed by atoms with E-state index in [1.54, 1.807) is 7.11 Å². The Morgan fingerprint density at radius 2 is 2.00 bits per heavy atom. The van der Waals surface area contributed by atoms with E-state index in [0.717, 1.165) is 28.4 Å². The van der Waals surface area contributed by atoms with Crippen LogP contribution in [0.1, 0.15) is 19.8 Å². The maximum absolute atomic E-state index is 12.6. The van der Waals surface area contributed by atoms with Gasteiger partial charge in [-0.25, -0.2) is 9.67 Å². The lowest BCUT2D eigenvalue weighted by Gasteiger charge is -2.40. The number of rotatable bonds is 2. The summed E-state index contributed by atoms with van der Waals surface area (Å²) in [6, 6.07) is 15.6. The molecule has 1 aromatic heterocycles. The Hall–Kier alpha value is -3.15. The zero-order valence-electron chi connectivity index (χ0n) is 14.6. The first-order valence-corrected chi connectivity index (χ1v) is 8.66. The van der Waals surface area contributed by atoms with Crippen molar-refractivity contribution in [1.29, 1.82) is 0 Å². The highest BCUT2D eigenvalue weighted by Crippen LogP contribution is 2.48. The van der Waals surface area contributed by atoms with Gasteiger partial charge in [-0.2, -0.15) is 0 Å². The quantitative estimate of drug-likeness (QED) is 0.713. The molecule has 0 radical (unpaired) electrons. The number of anilines is 1. The van der Waals surface area contributed by atoms with E-state index in [1.165, 1.54) is 0 Å². The summed E-state index contributed by atoms with van der Waals surface area (Å²) in [7, 11) is 1.64. The van der Waals surface area contributed by atoms with Gasteiger partial charge in [0.15, 0.2) is 11.6 Å². The zero-order chi connectivity index (χ0) is 17.9. The van der Waals surface area contributed by atoms with Crippen molar-refractivity contribution < 1.29 is 9.53 Å². The van der Waals surface area contributed by atoms with Crippen LogP contribution in [0.2, 0.25) is 0 Å². The second-order valence-electron chi connectivity index (χ2n) is 6.87. The summed E-state index contributed by atoms with van der Waals surface area (Å²) in [6.45, 7) is 2.06. The minimum Gasteiger partial charge on any atom is -0.497 e. The predicted octanol–water partition coefficient (Wildman–Crippen LogP) is 3.43. The molecule has 5 rings (SSSR count). The predicted molar refractivity (Wildman–Crippen MR) is 97.8 cm³/mol. The number of carbonyl (C=O) groups is 1. The molecule has 1 amide bonds. The molecule has 0 aliphatic carbocycles. The van der Waals surface area contributed by atoms with Gasteiger partial charge in [0, 0.05) is 24.0 Å². The van der Waals surface area contributed by atoms with Crippen LogP contribution in [0, 0.1) is 0 Å². The van der Waals surface area contributed by atoms with Gasteiger partial charge in [0.1, 0.15) is 11.4 Å². The van der Waals surface area contributed by atoms with Crippen LogP contribution < -0.4 is 9.64 Å². The van der Waals surface area contributed by atoms with E-state index >= 15 is 0 Å². The topological polar surface area (TPSA) is 60.2 Å². The Morgan fingerprint density at radius 1 is 1.15 bits per heavy atom. The van der Waals surface area contributed by atoms with Crippen LogP contribution in [0.5, 0.6) is 5.75 Å². The fourth-order valence-corrected chi connectivity index (χ4v) is 3.99. The van der Waals surface area contributed by atoms with Gasteiger partial charge in [0.2, 0.25) is 5.91 Å². The fourth-order valence-electron chi connectivity index (χ4n) is 3.99. The lowest BCUT2D eigenvalue weighted by molar-refractivity contribution is -0.117. The third kappa shape index (κ3) is 1.89. The fraction of sp³-hybridized carbons (Fsp3) is 0.250. The lowest BCUT2D eigenvalue weighted by atomic mass is 10.0. The Labute approximate surface area is 151 Å². The van der Waals surface area contributed by atoms with Gasteiger partial charge in [-0.3, -0.25) is 9.69 Å². The van der Waals surface area contributed by atoms with Crippen LogP contribution >= 0.6 is 0 Å². The van der Waals surface area contributed by atoms with E-state index < -0.39 is 5.66 Å². The monoisotopic (exact) mass is 346 g/mol. The van der Waals surface area contributed by atoms with Crippen molar-refractivity contribution in [2.24, 2.45) is 0 Å². The molecule has 1 saturated heterocycles. The molecular formula is C20H18N4O2. The normalized spacial score (nSPS) is 20.5. The third-order valence-electron chi connectivity index (χ3n) is 5.32. The minimum absolute atomic E-state index is 0.129. The largest absolute Gasteiger partial charge is 0.497 e. The van der Waals surface area contributed by atoms with Crippen molar-refractivity contribution in [3.05, 3.63) is 48.5 Å². The van der Waals surface area contributed by atoms with Gasteiger partial charge in [-0.05, 0) is 31.2 Å². The SMILES string of the molecule is COc1cccc(-c2nc3n(n2)C2(C)CCC(=O)N2c2ccccc2-3)c1. The molecule has 0 bridgehead atoms. The summed E-state index contributed by atoms with van der Waals surface area (Å²) < 4.78 is 7.23. The molecule has 0 saturated carbocycles. The van der Waals surface area contributed by atoms with Crippen molar-refractivity contribution in [2.75, 3.05) is 12.0 Å². The number of methoxy groups -OCH3 is 1. The number of hydrogen-bond donors (Lipinski definition) is 0. The first-order valence-electron chi connectivity index (χ1n) is 8.66. The summed E-state index contributed by atoms with van der Waals surface area (Å²) >= 11 is 0. The summed E-state index contributed by atoms with van der Waals surface area (Å²) in [5.41, 5.74) is 2.21. The van der Waals surface area contributed by atoms with Crippen molar-refractivity contribution >= 4 is 11.6 Å². The molecule has 6 nitrogen and oxygen atoms in total. The second-order valence-corrected chi connectivity index (χ2v) is 6.87. The maximum Gasteiger partial charge on any atom is 0.229 e. The number of aromatic nitrogens is 3. The first-order chi connectivity index (χ1) is 12.6. The molecule has 6 heteroatoms. The standard InChI is InChI=1S/C20H18N4O2/c1-20-11-10-17(25)23(20)16-9-4-3-8-15(16)19-21-18(22-24(19)20)13-6-5-7-14(12-13)26-2/h3-9,12H,10-11H2,1-2H3. The van der Waals surface area contributed by atoms with Gasteiger partial charge in [-0.1, -0.05) is 24.3 Å². The molecule has 1 unspecified atom stereocenters. The van der Waals surface area contributed by atoms with Crippen molar-refractivity contribution in [1.82, 2.24) is 14.8 Å². The number of benzene rings is 2. The lowest BCUT2D eigenvalue weighted by Crippen LogP contribution is -2.49. The molecule has 2 aliphatic rings. The highest BCUT2D eigenvalue weighted by molar-refractivity contribution is 6.01. The van der Waals surface area contributed by atoms with Crippen LogP contribution in [0.4, 0.5) is 5.69 Å². The molecule has 1 atom stereocenters. The number of para-hydroxylation sites is 1. The average Bonchev–Trinajstić information content (AvgIpc) is 3.25. The van der Waals surface area contributed by atoms with E-state index in [2.05, 4.69) is 6.92 Å². The molecule has 0 spiro atoms. The Morgan fingerprint density at radius 3 is 2.85 bits per heavy atom. The number of carbonyl (C=O) groups excluding carboxylic acids is 1. The van der Waals surface area contributed by atoms with E-state index in [9.17, 15) is 4.79 Å². The number of amides is 1. The van der Waals surface area contributed by atoms with Crippen molar-refractivity contribution in [3.63, 3.8) is 0 Å². The summed E-state index contributed by atoms with van der Waals surface area (Å²) in [6.07, 6.45) is 1.23. The third-order valence-corrected chi connectivity index (χ3v) is 5.32. The van der Waals surface area contributed by atoms with Gasteiger partial charge in [-0.15, -0.1) is 5.10 Å². The molecular weight excluding hydrogens is 328 g/mol. The zero-order valence-corrected chi connectivity index (χ0v) is 14.6. The minimum atomic E-state index is -0.523. The number of nitrogens with zero attached hydrogens (tertiary/aromatic N) is 4.